The average Bonchev–Trinajstić information content (AvgIpc) is 3.74. The number of fused-ring (bicyclic) bond motifs is 1. The summed E-state index contributed by atoms with van der Waals surface area (Å²) >= 11 is 0. The lowest BCUT2D eigenvalue weighted by Gasteiger charge is -2.26. The number of nitrogens with one attached hydrogen (secondary N) is 4. The molecule has 2 fully saturated rings. The zero-order valence-corrected chi connectivity index (χ0v) is 22.7. The number of hydrogen-bond donors (Lipinski definition) is 4. The maximum Gasteiger partial charge on any atom is 0.123 e. The zero-order chi connectivity index (χ0) is 26.3. The van der Waals surface area contributed by atoms with Crippen LogP contribution in [0.5, 0.6) is 0 Å². The third kappa shape index (κ3) is 4.90. The minimum atomic E-state index is 0.329. The van der Waals surface area contributed by atoms with E-state index in [0.717, 1.165) is 60.4 Å². The fraction of sp³-hybridized carbons (Fsp3) is 0.333. The molecule has 2 aliphatic heterocycles. The van der Waals surface area contributed by atoms with Crippen LogP contribution in [0.25, 0.3) is 44.4 Å². The Kier molecular flexibility index (Phi) is 6.30. The summed E-state index contributed by atoms with van der Waals surface area (Å²) in [6.45, 7) is 6.71. The van der Waals surface area contributed by atoms with E-state index in [1.807, 2.05) is 12.4 Å². The monoisotopic (exact) mass is 516 g/mol. The van der Waals surface area contributed by atoms with Gasteiger partial charge in [0, 0.05) is 5.56 Å². The Morgan fingerprint density at radius 3 is 1.82 bits per heavy atom. The Bertz CT molecular complexity index is 1590. The molecule has 7 rings (SSSR count). The molecule has 0 radical (unpaired) electrons. The van der Waals surface area contributed by atoms with E-state index < -0.39 is 0 Å². The number of H-pyrrole nitrogens is 2. The van der Waals surface area contributed by atoms with Crippen molar-refractivity contribution in [3.8, 4) is 33.6 Å². The number of hydrogen-bond acceptors (Lipinski definition) is 4. The van der Waals surface area contributed by atoms with Crippen LogP contribution < -0.4 is 10.6 Å². The SMILES string of the molecule is C[C@@H]1CC[C@@H](c2ncc(-c3ccc(-c4ccc5cc(-c6cnc([C@@H]7C[C@@H](C)CN7)[nH]6)ccc5c4)cc3)[nH]2)NC1. The van der Waals surface area contributed by atoms with Crippen LogP contribution in [0.2, 0.25) is 0 Å². The van der Waals surface area contributed by atoms with Gasteiger partial charge in [-0.1, -0.05) is 62.4 Å². The molecule has 4 N–H and O–H groups in total. The van der Waals surface area contributed by atoms with Crippen molar-refractivity contribution < 1.29 is 0 Å². The number of imidazole rings is 2. The molecule has 39 heavy (non-hydrogen) atoms. The molecule has 6 heteroatoms. The van der Waals surface area contributed by atoms with Crippen LogP contribution in [0.1, 0.15) is 56.8 Å². The molecule has 2 aromatic heterocycles. The fourth-order valence-electron chi connectivity index (χ4n) is 6.11. The Morgan fingerprint density at radius 1 is 0.590 bits per heavy atom. The summed E-state index contributed by atoms with van der Waals surface area (Å²) in [6, 6.07) is 22.8. The molecule has 2 saturated heterocycles. The van der Waals surface area contributed by atoms with Gasteiger partial charge in [-0.2, -0.15) is 0 Å². The molecule has 198 valence electrons. The first kappa shape index (κ1) is 24.3. The van der Waals surface area contributed by atoms with E-state index >= 15 is 0 Å². The molecule has 0 unspecified atom stereocenters. The van der Waals surface area contributed by atoms with Crippen LogP contribution in [-0.2, 0) is 0 Å². The molecule has 0 bridgehead atoms. The van der Waals surface area contributed by atoms with Gasteiger partial charge in [-0.3, -0.25) is 0 Å². The molecule has 3 aromatic carbocycles. The van der Waals surface area contributed by atoms with Crippen LogP contribution in [0.15, 0.2) is 73.1 Å². The number of nitrogens with zero attached hydrogens (tertiary/aromatic N) is 2. The van der Waals surface area contributed by atoms with Gasteiger partial charge < -0.3 is 20.6 Å². The first-order chi connectivity index (χ1) is 19.1. The van der Waals surface area contributed by atoms with E-state index in [-0.39, 0.29) is 0 Å². The van der Waals surface area contributed by atoms with Gasteiger partial charge >= 0.3 is 0 Å². The molecule has 4 heterocycles. The topological polar surface area (TPSA) is 81.4 Å². The molecule has 4 atom stereocenters. The van der Waals surface area contributed by atoms with E-state index in [1.165, 1.54) is 33.9 Å². The second-order valence-electron chi connectivity index (χ2n) is 11.7. The van der Waals surface area contributed by atoms with Crippen molar-refractivity contribution in [3.63, 3.8) is 0 Å². The van der Waals surface area contributed by atoms with Crippen molar-refractivity contribution in [1.82, 2.24) is 30.6 Å². The van der Waals surface area contributed by atoms with Gasteiger partial charge in [0.25, 0.3) is 0 Å². The van der Waals surface area contributed by atoms with Gasteiger partial charge in [0.05, 0.1) is 35.9 Å². The van der Waals surface area contributed by atoms with Crippen molar-refractivity contribution in [1.29, 1.82) is 0 Å². The Labute approximate surface area is 229 Å². The van der Waals surface area contributed by atoms with Crippen LogP contribution in [0.3, 0.4) is 0 Å². The molecule has 0 saturated carbocycles. The highest BCUT2D eigenvalue weighted by Crippen LogP contribution is 2.32. The Balaban J connectivity index is 1.08. The Morgan fingerprint density at radius 2 is 1.15 bits per heavy atom. The predicted molar refractivity (Wildman–Crippen MR) is 158 cm³/mol. The van der Waals surface area contributed by atoms with Crippen molar-refractivity contribution in [2.75, 3.05) is 13.1 Å². The summed E-state index contributed by atoms with van der Waals surface area (Å²) in [7, 11) is 0. The molecule has 5 aromatic rings. The van der Waals surface area contributed by atoms with Crippen LogP contribution in [-0.4, -0.2) is 33.0 Å². The van der Waals surface area contributed by atoms with Crippen LogP contribution in [0, 0.1) is 11.8 Å². The summed E-state index contributed by atoms with van der Waals surface area (Å²) in [6.07, 6.45) is 7.44. The van der Waals surface area contributed by atoms with Crippen LogP contribution in [0.4, 0.5) is 0 Å². The van der Waals surface area contributed by atoms with E-state index in [1.54, 1.807) is 0 Å². The average molecular weight is 517 g/mol. The normalized spacial score (nSPS) is 23.4. The van der Waals surface area contributed by atoms with Crippen LogP contribution >= 0.6 is 0 Å². The van der Waals surface area contributed by atoms with E-state index in [4.69, 9.17) is 0 Å². The lowest BCUT2D eigenvalue weighted by molar-refractivity contribution is 0.325. The van der Waals surface area contributed by atoms with Gasteiger partial charge in [0.15, 0.2) is 0 Å². The summed E-state index contributed by atoms with van der Waals surface area (Å²) in [5.41, 5.74) is 6.91. The number of rotatable bonds is 5. The molecular weight excluding hydrogens is 480 g/mol. The van der Waals surface area contributed by atoms with Crippen molar-refractivity contribution in [2.45, 2.75) is 45.2 Å². The van der Waals surface area contributed by atoms with Gasteiger partial charge in [-0.15, -0.1) is 0 Å². The van der Waals surface area contributed by atoms with E-state index in [0.29, 0.717) is 18.0 Å². The molecule has 6 nitrogen and oxygen atoms in total. The maximum atomic E-state index is 4.68. The first-order valence-electron chi connectivity index (χ1n) is 14.3. The van der Waals surface area contributed by atoms with E-state index in [2.05, 4.69) is 105 Å². The third-order valence-corrected chi connectivity index (χ3v) is 8.54. The summed E-state index contributed by atoms with van der Waals surface area (Å²) in [4.78, 5) is 16.5. The molecule has 0 amide bonds. The summed E-state index contributed by atoms with van der Waals surface area (Å²) in [5, 5.41) is 9.65. The van der Waals surface area contributed by atoms with Crippen molar-refractivity contribution >= 4 is 10.8 Å². The summed E-state index contributed by atoms with van der Waals surface area (Å²) in [5.74, 6) is 3.53. The maximum absolute atomic E-state index is 4.68. The minimum absolute atomic E-state index is 0.329. The smallest absolute Gasteiger partial charge is 0.123 e. The van der Waals surface area contributed by atoms with Gasteiger partial charge in [-0.25, -0.2) is 9.97 Å². The number of benzene rings is 3. The van der Waals surface area contributed by atoms with Crippen molar-refractivity contribution in [3.05, 3.63) is 84.7 Å². The predicted octanol–water partition coefficient (Wildman–Crippen LogP) is 7.02. The third-order valence-electron chi connectivity index (χ3n) is 8.54. The van der Waals surface area contributed by atoms with Crippen molar-refractivity contribution in [2.24, 2.45) is 11.8 Å². The minimum Gasteiger partial charge on any atom is -0.341 e. The standard InChI is InChI=1S/C33H36N6/c1-20-3-12-28(34-16-20)32-36-18-30(38-32)23-6-4-22(5-7-23)24-8-9-26-15-27(11-10-25(26)14-24)31-19-37-33(39-31)29-13-21(2)17-35-29/h4-11,14-15,18-21,28-29,34-35H,3,12-13,16-17H2,1-2H3,(H,36,38)(H,37,39)/t20-,21-,28+,29+/m1/s1. The van der Waals surface area contributed by atoms with Gasteiger partial charge in [0.2, 0.25) is 0 Å². The lowest BCUT2D eigenvalue weighted by Crippen LogP contribution is -2.32. The highest BCUT2D eigenvalue weighted by atomic mass is 15.0. The fourth-order valence-corrected chi connectivity index (χ4v) is 6.11. The molecule has 0 aliphatic carbocycles. The van der Waals surface area contributed by atoms with Gasteiger partial charge in [-0.05, 0) is 83.8 Å². The number of aromatic nitrogens is 4. The molecule has 2 aliphatic rings. The van der Waals surface area contributed by atoms with Gasteiger partial charge in [0.1, 0.15) is 11.6 Å². The Hall–Kier alpha value is -3.74. The molecule has 0 spiro atoms. The number of piperidine rings is 1. The first-order valence-corrected chi connectivity index (χ1v) is 14.3. The second kappa shape index (κ2) is 10.1. The van der Waals surface area contributed by atoms with E-state index in [9.17, 15) is 0 Å². The summed E-state index contributed by atoms with van der Waals surface area (Å²) < 4.78 is 0. The molecular formula is C33H36N6. The quantitative estimate of drug-likeness (QED) is 0.202. The zero-order valence-electron chi connectivity index (χ0n) is 22.7. The lowest BCUT2D eigenvalue weighted by atomic mass is 9.96. The second-order valence-corrected chi connectivity index (χ2v) is 11.7. The highest BCUT2D eigenvalue weighted by Gasteiger charge is 2.24. The largest absolute Gasteiger partial charge is 0.341 e. The number of aromatic amines is 2. The highest BCUT2D eigenvalue weighted by molar-refractivity contribution is 5.90.